The summed E-state index contributed by atoms with van der Waals surface area (Å²) in [7, 11) is 0. The summed E-state index contributed by atoms with van der Waals surface area (Å²) < 4.78 is 26.2. The highest BCUT2D eigenvalue weighted by molar-refractivity contribution is 5.93. The van der Waals surface area contributed by atoms with Crippen LogP contribution in [0.25, 0.3) is 11.2 Å². The van der Waals surface area contributed by atoms with E-state index in [1.807, 2.05) is 0 Å². The van der Waals surface area contributed by atoms with Crippen LogP contribution in [0.2, 0.25) is 0 Å². The summed E-state index contributed by atoms with van der Waals surface area (Å²) in [6.07, 6.45) is -2.01. The van der Waals surface area contributed by atoms with Crippen LogP contribution in [0, 0.1) is 6.08 Å². The number of amides is 1. The van der Waals surface area contributed by atoms with Gasteiger partial charge in [-0.1, -0.05) is 0 Å². The first kappa shape index (κ1) is 19.4. The maximum absolute atomic E-state index is 13.9. The number of aliphatic hydroxyl groups excluding tert-OH is 2. The number of carbonyl (C=O) groups is 1. The van der Waals surface area contributed by atoms with E-state index in [4.69, 9.17) is 9.47 Å². The second-order valence-corrected chi connectivity index (χ2v) is 7.59. The predicted molar refractivity (Wildman–Crippen MR) is 91.4 cm³/mol. The molecule has 1 fully saturated rings. The Labute approximate surface area is 154 Å². The fourth-order valence-electron chi connectivity index (χ4n) is 2.78. The number of imidazole rings is 1. The zero-order valence-electron chi connectivity index (χ0n) is 15.4. The van der Waals surface area contributed by atoms with Gasteiger partial charge in [-0.3, -0.25) is 9.88 Å². The van der Waals surface area contributed by atoms with E-state index in [1.54, 1.807) is 27.7 Å². The zero-order chi connectivity index (χ0) is 20.0. The number of nitrogens with one attached hydrogen (secondary N) is 1. The molecule has 11 heteroatoms. The van der Waals surface area contributed by atoms with Crippen molar-refractivity contribution in [2.45, 2.75) is 57.6 Å². The van der Waals surface area contributed by atoms with Gasteiger partial charge in [-0.25, -0.2) is 9.78 Å². The first-order chi connectivity index (χ1) is 12.5. The summed E-state index contributed by atoms with van der Waals surface area (Å²) in [5.74, 6) is -0.144. The Bertz CT molecular complexity index is 867. The van der Waals surface area contributed by atoms with E-state index in [-0.39, 0.29) is 30.0 Å². The number of fused-ring (bicyclic) bond motifs is 1. The highest BCUT2D eigenvalue weighted by Crippen LogP contribution is 2.37. The number of ether oxygens (including phenoxy) is 2. The van der Waals surface area contributed by atoms with Crippen LogP contribution >= 0.6 is 0 Å². The number of rotatable bonds is 3. The Hall–Kier alpha value is -2.37. The second kappa shape index (κ2) is 6.66. The predicted octanol–water partition coefficient (Wildman–Crippen LogP) is 1.34. The number of aromatic nitrogens is 4. The molecule has 0 spiro atoms. The average Bonchev–Trinajstić information content (AvgIpc) is 3.07. The van der Waals surface area contributed by atoms with Gasteiger partial charge in [-0.05, 0) is 27.7 Å². The van der Waals surface area contributed by atoms with E-state index in [1.165, 1.54) is 10.9 Å². The van der Waals surface area contributed by atoms with E-state index in [0.29, 0.717) is 0 Å². The maximum atomic E-state index is 13.9. The summed E-state index contributed by atoms with van der Waals surface area (Å²) in [6, 6.07) is 0. The molecular formula is C16H22FN5O5. The van der Waals surface area contributed by atoms with Crippen LogP contribution in [-0.2, 0) is 9.47 Å². The van der Waals surface area contributed by atoms with Crippen molar-refractivity contribution in [1.82, 2.24) is 19.5 Å². The Morgan fingerprint density at radius 1 is 1.52 bits per heavy atom. The van der Waals surface area contributed by atoms with Crippen LogP contribution < -0.4 is 5.32 Å². The van der Waals surface area contributed by atoms with Gasteiger partial charge in [0, 0.05) is 6.42 Å². The highest BCUT2D eigenvalue weighted by Gasteiger charge is 2.45. The molecule has 1 amide bonds. The zero-order valence-corrected chi connectivity index (χ0v) is 15.4. The quantitative estimate of drug-likeness (QED) is 0.677. The molecule has 148 valence electrons. The first-order valence-electron chi connectivity index (χ1n) is 8.39. The molecule has 1 aliphatic heterocycles. The van der Waals surface area contributed by atoms with E-state index >= 15 is 0 Å². The van der Waals surface area contributed by atoms with Crippen molar-refractivity contribution in [2.24, 2.45) is 0 Å². The summed E-state index contributed by atoms with van der Waals surface area (Å²) in [4.78, 5) is 23.4. The Balaban J connectivity index is 1.93. The second-order valence-electron chi connectivity index (χ2n) is 7.59. The van der Waals surface area contributed by atoms with Gasteiger partial charge in [0.25, 0.3) is 0 Å². The Kier molecular flexibility index (Phi) is 4.78. The molecule has 2 aromatic rings. The van der Waals surface area contributed by atoms with Crippen LogP contribution in [0.15, 0.2) is 6.33 Å². The van der Waals surface area contributed by atoms with Crippen molar-refractivity contribution in [1.29, 1.82) is 0 Å². The molecule has 1 saturated heterocycles. The van der Waals surface area contributed by atoms with Gasteiger partial charge < -0.3 is 19.7 Å². The molecule has 27 heavy (non-hydrogen) atoms. The molecule has 3 atom stereocenters. The van der Waals surface area contributed by atoms with Crippen molar-refractivity contribution >= 4 is 23.1 Å². The molecule has 3 heterocycles. The Morgan fingerprint density at radius 3 is 2.81 bits per heavy atom. The van der Waals surface area contributed by atoms with Gasteiger partial charge in [-0.2, -0.15) is 14.4 Å². The van der Waals surface area contributed by atoms with E-state index in [0.717, 1.165) is 0 Å². The number of aliphatic hydroxyl groups is 2. The maximum Gasteiger partial charge on any atom is 0.413 e. The van der Waals surface area contributed by atoms with Crippen molar-refractivity contribution in [3.63, 3.8) is 0 Å². The van der Waals surface area contributed by atoms with Gasteiger partial charge in [0.1, 0.15) is 17.4 Å². The summed E-state index contributed by atoms with van der Waals surface area (Å²) in [6.45, 7) is 6.27. The van der Waals surface area contributed by atoms with Gasteiger partial charge >= 0.3 is 12.2 Å². The van der Waals surface area contributed by atoms with Crippen molar-refractivity contribution < 1.29 is 28.9 Å². The minimum absolute atomic E-state index is 0.0768. The molecule has 0 aromatic carbocycles. The number of carbonyl (C=O) groups excluding carboxylic acids is 1. The average molecular weight is 383 g/mol. The van der Waals surface area contributed by atoms with Crippen LogP contribution in [-0.4, -0.2) is 59.7 Å². The molecule has 10 nitrogen and oxygen atoms in total. The minimum Gasteiger partial charge on any atom is -0.444 e. The third-order valence-electron chi connectivity index (χ3n) is 4.17. The number of nitrogens with zero attached hydrogens (tertiary/aromatic N) is 4. The van der Waals surface area contributed by atoms with Crippen LogP contribution in [0.1, 0.15) is 40.3 Å². The number of hydrogen-bond donors (Lipinski definition) is 3. The van der Waals surface area contributed by atoms with Crippen LogP contribution in [0.4, 0.5) is 15.0 Å². The molecule has 3 rings (SSSR count). The van der Waals surface area contributed by atoms with E-state index < -0.39 is 35.7 Å². The lowest BCUT2D eigenvalue weighted by molar-refractivity contribution is -0.115. The lowest BCUT2D eigenvalue weighted by atomic mass is 10.0. The lowest BCUT2D eigenvalue weighted by Gasteiger charge is -2.24. The summed E-state index contributed by atoms with van der Waals surface area (Å²) in [5, 5.41) is 21.9. The monoisotopic (exact) mass is 383 g/mol. The number of hydrogen-bond acceptors (Lipinski definition) is 8. The number of halogens is 1. The molecule has 3 N–H and O–H groups in total. The van der Waals surface area contributed by atoms with Crippen LogP contribution in [0.3, 0.4) is 0 Å². The SMILES string of the molecule is CC(C)(C)OC(=O)Nc1nc(F)nc2c1ncn2[C@H]1C[C@H](O)[C@@](C)(CO)O1. The fourth-order valence-corrected chi connectivity index (χ4v) is 2.78. The lowest BCUT2D eigenvalue weighted by Crippen LogP contribution is -2.39. The summed E-state index contributed by atoms with van der Waals surface area (Å²) in [5.41, 5.74) is -1.67. The Morgan fingerprint density at radius 2 is 2.22 bits per heavy atom. The molecule has 0 unspecified atom stereocenters. The molecule has 0 bridgehead atoms. The molecular weight excluding hydrogens is 361 g/mol. The fraction of sp³-hybridized carbons (Fsp3) is 0.625. The highest BCUT2D eigenvalue weighted by atomic mass is 19.1. The molecule has 1 aliphatic rings. The van der Waals surface area contributed by atoms with E-state index in [9.17, 15) is 19.4 Å². The van der Waals surface area contributed by atoms with Gasteiger partial charge in [-0.15, -0.1) is 0 Å². The van der Waals surface area contributed by atoms with Crippen LogP contribution in [0.5, 0.6) is 0 Å². The largest absolute Gasteiger partial charge is 0.444 e. The molecule has 0 aliphatic carbocycles. The van der Waals surface area contributed by atoms with Gasteiger partial charge in [0.2, 0.25) is 0 Å². The van der Waals surface area contributed by atoms with Crippen molar-refractivity contribution in [2.75, 3.05) is 11.9 Å². The molecule has 0 radical (unpaired) electrons. The third-order valence-corrected chi connectivity index (χ3v) is 4.17. The minimum atomic E-state index is -1.15. The third kappa shape index (κ3) is 3.84. The smallest absolute Gasteiger partial charge is 0.413 e. The number of anilines is 1. The van der Waals surface area contributed by atoms with Gasteiger partial charge in [0.15, 0.2) is 17.0 Å². The standard InChI is InChI=1S/C16H22FN5O5/c1-15(2,3)27-14(25)20-11-10-12(21-13(17)19-11)22(7-18-10)9-5-8(24)16(4,6-23)26-9/h7-9,23-24H,5-6H2,1-4H3,(H,19,20,21,25)/t8-,9+,16+/m0/s1. The molecule has 2 aromatic heterocycles. The normalized spacial score (nSPS) is 25.7. The summed E-state index contributed by atoms with van der Waals surface area (Å²) >= 11 is 0. The van der Waals surface area contributed by atoms with Crippen molar-refractivity contribution in [3.8, 4) is 0 Å². The van der Waals surface area contributed by atoms with E-state index in [2.05, 4.69) is 20.3 Å². The topological polar surface area (TPSA) is 132 Å². The van der Waals surface area contributed by atoms with Gasteiger partial charge in [0.05, 0.1) is 19.0 Å². The molecule has 0 saturated carbocycles. The first-order valence-corrected chi connectivity index (χ1v) is 8.39. The van der Waals surface area contributed by atoms with Crippen molar-refractivity contribution in [3.05, 3.63) is 12.4 Å².